The van der Waals surface area contributed by atoms with Gasteiger partial charge in [-0.2, -0.15) is 0 Å². The Hall–Kier alpha value is -7.28. The summed E-state index contributed by atoms with van der Waals surface area (Å²) in [5.41, 5.74) is 30.6. The van der Waals surface area contributed by atoms with Crippen LogP contribution in [0.1, 0.15) is 33.4 Å². The predicted octanol–water partition coefficient (Wildman–Crippen LogP) is 10.2. The van der Waals surface area contributed by atoms with E-state index in [9.17, 15) is 0 Å². The normalized spacial score (nSPS) is 13.3. The summed E-state index contributed by atoms with van der Waals surface area (Å²) < 4.78 is 9.67. The lowest BCUT2D eigenvalue weighted by Gasteiger charge is -2.43. The van der Waals surface area contributed by atoms with Crippen LogP contribution in [0.2, 0.25) is 0 Å². The van der Waals surface area contributed by atoms with Crippen LogP contribution in [0.4, 0.5) is 39.8 Å². The minimum Gasteiger partial charge on any atom is -0.458 e. The number of rotatable bonds is 6. The number of nitrogens with one attached hydrogen (secondary N) is 1. The summed E-state index contributed by atoms with van der Waals surface area (Å²) >= 11 is 1.76. The molecule has 1 radical (unpaired) electrons. The highest BCUT2D eigenvalue weighted by molar-refractivity contribution is 8.00. The molecule has 0 fully saturated rings. The van der Waals surface area contributed by atoms with Crippen LogP contribution in [-0.4, -0.2) is 27.0 Å². The molecular formula is C61H49B3N3OS. The van der Waals surface area contributed by atoms with E-state index in [0.717, 1.165) is 28.6 Å². The van der Waals surface area contributed by atoms with E-state index >= 15 is 0 Å². The largest absolute Gasteiger partial charge is 0.458 e. The number of nitrogens with zero attached hydrogens (tertiary/aromatic N) is 2. The maximum atomic E-state index is 7.21. The summed E-state index contributed by atoms with van der Waals surface area (Å²) in [7, 11) is 2.35. The molecule has 9 aromatic carbocycles. The van der Waals surface area contributed by atoms with Gasteiger partial charge < -0.3 is 15.0 Å². The van der Waals surface area contributed by atoms with Gasteiger partial charge in [0.05, 0.1) is 5.69 Å². The Kier molecular flexibility index (Phi) is 9.65. The summed E-state index contributed by atoms with van der Waals surface area (Å²) in [6.07, 6.45) is 2.21. The molecule has 0 saturated carbocycles. The number of para-hydroxylation sites is 2. The van der Waals surface area contributed by atoms with Gasteiger partial charge in [0.15, 0.2) is 7.28 Å². The second-order valence-electron chi connectivity index (χ2n) is 19.4. The van der Waals surface area contributed by atoms with Crippen LogP contribution in [0.15, 0.2) is 164 Å². The summed E-state index contributed by atoms with van der Waals surface area (Å²) in [5.74, 6) is 1.84. The summed E-state index contributed by atoms with van der Waals surface area (Å²) in [6, 6.07) is 61.2. The standard InChI is InChI=1S/C61H49B3N3OS/c1-35-17-11-12-24-44(35)62-45-32-49-56(27-40(45)6)68-57-31-42(59-38(4)20-16-21-39(59)5)30-55-61(57)64(49)48-33-47-50(34-53(48)67(55)69-7)65-51-28-41(58-36(2)18-15-19-37(58)3)29-54-60(51)63(47)46-25-13-14-26-52(46)66(54)43-22-9-8-10-23-43/h8-34,65H,1-7H3. The van der Waals surface area contributed by atoms with Crippen LogP contribution in [0, 0.1) is 41.5 Å². The van der Waals surface area contributed by atoms with E-state index in [0.29, 0.717) is 0 Å². The van der Waals surface area contributed by atoms with E-state index in [-0.39, 0.29) is 13.4 Å². The molecule has 4 heterocycles. The lowest BCUT2D eigenvalue weighted by Crippen LogP contribution is -2.64. The number of hydrogen-bond donors (Lipinski definition) is 1. The van der Waals surface area contributed by atoms with Crippen LogP contribution < -0.4 is 63.0 Å². The van der Waals surface area contributed by atoms with E-state index in [1.165, 1.54) is 122 Å². The SMILES string of the molecule is CSN1c2cc3c(cc2B2c4cc([B]c5ccccc5C)c(C)cc4Oc4cc(-c5c(C)cccc5C)cc1c42)B1c2ccccc2N(c2ccccc2)c2cc(-c4c(C)cccc4C)cc(c21)N3. The van der Waals surface area contributed by atoms with Crippen LogP contribution in [-0.2, 0) is 0 Å². The van der Waals surface area contributed by atoms with Gasteiger partial charge in [-0.05, 0) is 185 Å². The van der Waals surface area contributed by atoms with Gasteiger partial charge in [0.25, 0.3) is 13.4 Å². The summed E-state index contributed by atoms with van der Waals surface area (Å²) in [4.78, 5) is 2.49. The second-order valence-corrected chi connectivity index (χ2v) is 20.2. The van der Waals surface area contributed by atoms with Crippen molar-refractivity contribution in [2.75, 3.05) is 20.8 Å². The van der Waals surface area contributed by atoms with Gasteiger partial charge in [-0.15, -0.1) is 0 Å². The maximum absolute atomic E-state index is 7.21. The fraction of sp³-hybridized carbons (Fsp3) is 0.115. The third kappa shape index (κ3) is 6.41. The predicted molar refractivity (Wildman–Crippen MR) is 300 cm³/mol. The molecule has 0 unspecified atom stereocenters. The lowest BCUT2D eigenvalue weighted by molar-refractivity contribution is 0.487. The first-order chi connectivity index (χ1) is 33.6. The smallest absolute Gasteiger partial charge is 0.256 e. The third-order valence-corrected chi connectivity index (χ3v) is 16.0. The molecule has 13 rings (SSSR count). The average Bonchev–Trinajstić information content (AvgIpc) is 3.34. The molecule has 329 valence electrons. The Bertz CT molecular complexity index is 3610. The van der Waals surface area contributed by atoms with Gasteiger partial charge >= 0.3 is 0 Å². The van der Waals surface area contributed by atoms with Crippen LogP contribution in [0.25, 0.3) is 22.3 Å². The van der Waals surface area contributed by atoms with Crippen molar-refractivity contribution in [2.45, 2.75) is 41.5 Å². The number of fused-ring (bicyclic) bond motifs is 8. The van der Waals surface area contributed by atoms with E-state index in [1.807, 2.05) is 0 Å². The molecule has 0 aliphatic carbocycles. The fourth-order valence-electron chi connectivity index (χ4n) is 12.2. The molecule has 4 aliphatic rings. The Labute approximate surface area is 411 Å². The Morgan fingerprint density at radius 1 is 0.449 bits per heavy atom. The summed E-state index contributed by atoms with van der Waals surface area (Å²) in [5, 5.41) is 4.14. The van der Waals surface area contributed by atoms with E-state index in [2.05, 4.69) is 233 Å². The third-order valence-electron chi connectivity index (χ3n) is 15.3. The number of ether oxygens (including phenoxy) is 1. The Balaban J connectivity index is 1.07. The fourth-order valence-corrected chi connectivity index (χ4v) is 12.9. The minimum absolute atomic E-state index is 0.0167. The van der Waals surface area contributed by atoms with Crippen molar-refractivity contribution < 1.29 is 4.74 Å². The molecule has 1 N–H and O–H groups in total. The molecule has 0 spiro atoms. The molecule has 4 aliphatic heterocycles. The highest BCUT2D eigenvalue weighted by atomic mass is 32.2. The van der Waals surface area contributed by atoms with Gasteiger partial charge in [0.1, 0.15) is 11.5 Å². The first-order valence-electron chi connectivity index (χ1n) is 24.1. The van der Waals surface area contributed by atoms with E-state index in [1.54, 1.807) is 11.9 Å². The van der Waals surface area contributed by atoms with Gasteiger partial charge in [-0.3, -0.25) is 4.31 Å². The average molecular weight is 905 g/mol. The van der Waals surface area contributed by atoms with Crippen LogP contribution in [0.3, 0.4) is 0 Å². The van der Waals surface area contributed by atoms with Crippen molar-refractivity contribution in [1.82, 2.24) is 0 Å². The Morgan fingerprint density at radius 2 is 1.09 bits per heavy atom. The monoisotopic (exact) mass is 904 g/mol. The molecular weight excluding hydrogens is 855 g/mol. The van der Waals surface area contributed by atoms with Crippen LogP contribution in [0.5, 0.6) is 11.5 Å². The molecule has 0 aromatic heterocycles. The summed E-state index contributed by atoms with van der Waals surface area (Å²) in [6.45, 7) is 13.2. The molecule has 69 heavy (non-hydrogen) atoms. The minimum atomic E-state index is -0.0778. The molecule has 0 amide bonds. The van der Waals surface area contributed by atoms with Crippen molar-refractivity contribution in [3.63, 3.8) is 0 Å². The number of aryl methyl sites for hydroxylation is 6. The van der Waals surface area contributed by atoms with E-state index in [4.69, 9.17) is 4.74 Å². The maximum Gasteiger partial charge on any atom is 0.256 e. The van der Waals surface area contributed by atoms with E-state index < -0.39 is 0 Å². The quantitative estimate of drug-likeness (QED) is 0.133. The second kappa shape index (κ2) is 15.9. The van der Waals surface area contributed by atoms with Crippen molar-refractivity contribution in [3.05, 3.63) is 197 Å². The molecule has 0 saturated heterocycles. The molecule has 8 heteroatoms. The molecule has 0 bridgehead atoms. The first kappa shape index (κ1) is 41.9. The van der Waals surface area contributed by atoms with Gasteiger partial charge in [0, 0.05) is 40.4 Å². The molecule has 0 atom stereocenters. The number of benzene rings is 9. The lowest BCUT2D eigenvalue weighted by atomic mass is 9.30. The zero-order valence-corrected chi connectivity index (χ0v) is 40.8. The van der Waals surface area contributed by atoms with Gasteiger partial charge in [-0.25, -0.2) is 0 Å². The molecule has 9 aromatic rings. The highest BCUT2D eigenvalue weighted by Crippen LogP contribution is 2.46. The highest BCUT2D eigenvalue weighted by Gasteiger charge is 2.46. The van der Waals surface area contributed by atoms with Crippen molar-refractivity contribution in [3.8, 4) is 33.8 Å². The zero-order valence-electron chi connectivity index (χ0n) is 40.0. The van der Waals surface area contributed by atoms with Gasteiger partial charge in [-0.1, -0.05) is 131 Å². The van der Waals surface area contributed by atoms with Gasteiger partial charge in [0.2, 0.25) is 0 Å². The topological polar surface area (TPSA) is 27.7 Å². The van der Waals surface area contributed by atoms with Crippen molar-refractivity contribution in [2.24, 2.45) is 0 Å². The molecule has 4 nitrogen and oxygen atoms in total. The Morgan fingerprint density at radius 3 is 1.81 bits per heavy atom. The van der Waals surface area contributed by atoms with Crippen molar-refractivity contribution in [1.29, 1.82) is 0 Å². The van der Waals surface area contributed by atoms with Crippen LogP contribution >= 0.6 is 11.9 Å². The zero-order chi connectivity index (χ0) is 46.8. The number of hydrogen-bond acceptors (Lipinski definition) is 5. The van der Waals surface area contributed by atoms with Crippen molar-refractivity contribution >= 4 is 116 Å². The number of anilines is 7. The first-order valence-corrected chi connectivity index (χ1v) is 25.3.